The van der Waals surface area contributed by atoms with Gasteiger partial charge < -0.3 is 30.6 Å². The zero-order valence-electron chi connectivity index (χ0n) is 15.8. The molecule has 0 atom stereocenters. The number of amides is 4. The summed E-state index contributed by atoms with van der Waals surface area (Å²) < 4.78 is 5.66. The number of carbonyl (C=O) groups excluding carboxylic acids is 2. The first-order valence-corrected chi connectivity index (χ1v) is 9.22. The van der Waals surface area contributed by atoms with Gasteiger partial charge in [-0.1, -0.05) is 18.2 Å². The number of carbonyl (C=O) groups is 2. The molecule has 11 nitrogen and oxygen atoms in total. The van der Waals surface area contributed by atoms with Crippen molar-refractivity contribution in [2.75, 3.05) is 36.9 Å². The molecule has 1 aromatic heterocycles. The van der Waals surface area contributed by atoms with Crippen molar-refractivity contribution in [2.45, 2.75) is 6.42 Å². The molecule has 158 valence electrons. The van der Waals surface area contributed by atoms with E-state index < -0.39 is 6.03 Å². The van der Waals surface area contributed by atoms with Crippen molar-refractivity contribution in [2.24, 2.45) is 0 Å². The van der Waals surface area contributed by atoms with Crippen LogP contribution in [0.4, 0.5) is 26.9 Å². The maximum atomic E-state index is 12.2. The van der Waals surface area contributed by atoms with Gasteiger partial charge in [-0.15, -0.1) is 4.98 Å². The Morgan fingerprint density at radius 3 is 2.63 bits per heavy atom. The van der Waals surface area contributed by atoms with Gasteiger partial charge in [-0.2, -0.15) is 0 Å². The SMILES string of the molecule is [C-]#[N+]c1cnc(NC(=O)Nc2cc(Cl)ccc2OCCCNC(=O)NCCO)cn1. The van der Waals surface area contributed by atoms with Crippen LogP contribution in [0.5, 0.6) is 5.75 Å². The summed E-state index contributed by atoms with van der Waals surface area (Å²) in [7, 11) is 0. The zero-order valence-corrected chi connectivity index (χ0v) is 16.6. The summed E-state index contributed by atoms with van der Waals surface area (Å²) in [6, 6.07) is 3.81. The van der Waals surface area contributed by atoms with Crippen molar-refractivity contribution < 1.29 is 19.4 Å². The summed E-state index contributed by atoms with van der Waals surface area (Å²) >= 11 is 6.00. The molecule has 1 heterocycles. The number of hydrogen-bond donors (Lipinski definition) is 5. The Morgan fingerprint density at radius 1 is 1.13 bits per heavy atom. The maximum absolute atomic E-state index is 12.2. The van der Waals surface area contributed by atoms with Crippen LogP contribution < -0.4 is 26.0 Å². The minimum absolute atomic E-state index is 0.117. The number of rotatable bonds is 9. The van der Waals surface area contributed by atoms with Crippen LogP contribution in [0, 0.1) is 6.57 Å². The highest BCUT2D eigenvalue weighted by molar-refractivity contribution is 6.31. The van der Waals surface area contributed by atoms with E-state index in [2.05, 4.69) is 36.1 Å². The van der Waals surface area contributed by atoms with Gasteiger partial charge in [0.15, 0.2) is 12.0 Å². The predicted octanol–water partition coefficient (Wildman–Crippen LogP) is 2.39. The number of halogens is 1. The van der Waals surface area contributed by atoms with Gasteiger partial charge >= 0.3 is 12.1 Å². The summed E-state index contributed by atoms with van der Waals surface area (Å²) in [5.41, 5.74) is 0.347. The largest absolute Gasteiger partial charge is 0.491 e. The van der Waals surface area contributed by atoms with E-state index in [0.29, 0.717) is 29.4 Å². The molecule has 0 saturated carbocycles. The maximum Gasteiger partial charge on any atom is 0.325 e. The molecule has 0 unspecified atom stereocenters. The van der Waals surface area contributed by atoms with Crippen LogP contribution in [0.25, 0.3) is 4.85 Å². The van der Waals surface area contributed by atoms with Crippen molar-refractivity contribution in [1.29, 1.82) is 0 Å². The average molecular weight is 434 g/mol. The molecule has 0 bridgehead atoms. The summed E-state index contributed by atoms with van der Waals surface area (Å²) in [5.74, 6) is 0.690. The molecule has 30 heavy (non-hydrogen) atoms. The second-order valence-electron chi connectivity index (χ2n) is 5.70. The van der Waals surface area contributed by atoms with Gasteiger partial charge in [-0.25, -0.2) is 14.6 Å². The molecule has 2 aromatic rings. The molecular weight excluding hydrogens is 414 g/mol. The summed E-state index contributed by atoms with van der Waals surface area (Å²) in [6.45, 7) is 7.54. The van der Waals surface area contributed by atoms with Gasteiger partial charge in [0.25, 0.3) is 5.82 Å². The Hall–Kier alpha value is -3.62. The average Bonchev–Trinajstić information content (AvgIpc) is 2.73. The number of ether oxygens (including phenoxy) is 1. The van der Waals surface area contributed by atoms with Crippen LogP contribution in [0.1, 0.15) is 6.42 Å². The molecule has 0 spiro atoms. The summed E-state index contributed by atoms with van der Waals surface area (Å²) in [6.07, 6.45) is 3.03. The van der Waals surface area contributed by atoms with Crippen molar-refractivity contribution in [3.63, 3.8) is 0 Å². The van der Waals surface area contributed by atoms with Crippen LogP contribution in [0.15, 0.2) is 30.6 Å². The summed E-state index contributed by atoms with van der Waals surface area (Å²) in [5, 5.41) is 19.3. The Bertz CT molecular complexity index is 902. The zero-order chi connectivity index (χ0) is 21.8. The third kappa shape index (κ3) is 7.78. The molecule has 1 aromatic carbocycles. The minimum Gasteiger partial charge on any atom is -0.491 e. The third-order valence-electron chi connectivity index (χ3n) is 3.45. The number of urea groups is 2. The highest BCUT2D eigenvalue weighted by Gasteiger charge is 2.11. The fraction of sp³-hybridized carbons (Fsp3) is 0.278. The Labute approximate surface area is 177 Å². The monoisotopic (exact) mass is 433 g/mol. The molecule has 2 rings (SSSR count). The molecule has 0 aliphatic rings. The molecule has 0 aliphatic heterocycles. The van der Waals surface area contributed by atoms with E-state index in [0.717, 1.165) is 0 Å². The van der Waals surface area contributed by atoms with Crippen LogP contribution >= 0.6 is 11.6 Å². The Kier molecular flexibility index (Phi) is 9.11. The first kappa shape index (κ1) is 22.7. The molecular formula is C18H20ClN7O4. The molecule has 4 amide bonds. The Morgan fingerprint density at radius 2 is 1.93 bits per heavy atom. The van der Waals surface area contributed by atoms with E-state index in [1.807, 2.05) is 0 Å². The van der Waals surface area contributed by atoms with Crippen LogP contribution in [-0.4, -0.2) is 53.4 Å². The molecule has 0 saturated heterocycles. The van der Waals surface area contributed by atoms with Gasteiger partial charge in [-0.05, 0) is 24.6 Å². The van der Waals surface area contributed by atoms with Gasteiger partial charge in [0.05, 0.1) is 25.1 Å². The number of nitrogens with zero attached hydrogens (tertiary/aromatic N) is 3. The lowest BCUT2D eigenvalue weighted by atomic mass is 10.3. The van der Waals surface area contributed by atoms with Crippen LogP contribution in [0.2, 0.25) is 5.02 Å². The topological polar surface area (TPSA) is 142 Å². The summed E-state index contributed by atoms with van der Waals surface area (Å²) in [4.78, 5) is 34.4. The fourth-order valence-corrected chi connectivity index (χ4v) is 2.30. The number of benzene rings is 1. The second kappa shape index (κ2) is 12.1. The van der Waals surface area contributed by atoms with Crippen molar-refractivity contribution in [3.05, 3.63) is 47.0 Å². The number of aliphatic hydroxyl groups is 1. The van der Waals surface area contributed by atoms with Crippen molar-refractivity contribution in [3.8, 4) is 5.75 Å². The first-order valence-electron chi connectivity index (χ1n) is 8.84. The molecule has 12 heteroatoms. The lowest BCUT2D eigenvalue weighted by Crippen LogP contribution is -2.37. The van der Waals surface area contributed by atoms with Crippen molar-refractivity contribution in [1.82, 2.24) is 20.6 Å². The number of aliphatic hydroxyl groups excluding tert-OH is 1. The smallest absolute Gasteiger partial charge is 0.325 e. The van der Waals surface area contributed by atoms with E-state index >= 15 is 0 Å². The molecule has 5 N–H and O–H groups in total. The van der Waals surface area contributed by atoms with E-state index in [1.54, 1.807) is 12.1 Å². The van der Waals surface area contributed by atoms with E-state index in [1.165, 1.54) is 18.5 Å². The normalized spacial score (nSPS) is 9.90. The van der Waals surface area contributed by atoms with Gasteiger partial charge in [0.1, 0.15) is 5.75 Å². The molecule has 0 radical (unpaired) electrons. The van der Waals surface area contributed by atoms with Gasteiger partial charge in [0.2, 0.25) is 0 Å². The second-order valence-corrected chi connectivity index (χ2v) is 6.14. The number of aromatic nitrogens is 2. The highest BCUT2D eigenvalue weighted by Crippen LogP contribution is 2.28. The number of nitrogens with one attached hydrogen (secondary N) is 4. The van der Waals surface area contributed by atoms with Crippen molar-refractivity contribution >= 4 is 41.0 Å². The first-order chi connectivity index (χ1) is 14.5. The molecule has 0 aliphatic carbocycles. The predicted molar refractivity (Wildman–Crippen MR) is 111 cm³/mol. The van der Waals surface area contributed by atoms with E-state index in [9.17, 15) is 9.59 Å². The van der Waals surface area contributed by atoms with Gasteiger partial charge in [0, 0.05) is 18.1 Å². The minimum atomic E-state index is -0.589. The Balaban J connectivity index is 1.85. The number of anilines is 2. The molecule has 0 fully saturated rings. The number of hydrogen-bond acceptors (Lipinski definition) is 6. The third-order valence-corrected chi connectivity index (χ3v) is 3.68. The standard InChI is InChI=1S/C18H20ClN7O4/c1-20-15-10-24-16(11-23-15)26-18(29)25-13-9-12(19)3-4-14(13)30-8-2-5-21-17(28)22-6-7-27/h3-4,9-11,27H,2,5-8H2,(H2,21,22,28)(H2,24,25,26,29). The van der Waals surface area contributed by atoms with Crippen LogP contribution in [-0.2, 0) is 0 Å². The van der Waals surface area contributed by atoms with E-state index in [4.69, 9.17) is 28.0 Å². The fourth-order valence-electron chi connectivity index (χ4n) is 2.13. The highest BCUT2D eigenvalue weighted by atomic mass is 35.5. The van der Waals surface area contributed by atoms with E-state index in [-0.39, 0.29) is 37.4 Å². The lowest BCUT2D eigenvalue weighted by Gasteiger charge is -2.13. The lowest BCUT2D eigenvalue weighted by molar-refractivity contribution is 0.232. The van der Waals surface area contributed by atoms with Gasteiger partial charge in [-0.3, -0.25) is 5.32 Å². The van der Waals surface area contributed by atoms with Crippen LogP contribution in [0.3, 0.4) is 0 Å². The quantitative estimate of drug-likeness (QED) is 0.303.